The fraction of sp³-hybridized carbons (Fsp3) is 0.571. The van der Waals surface area contributed by atoms with E-state index in [-0.39, 0.29) is 54.2 Å². The Balaban J connectivity index is 0.00000288. The van der Waals surface area contributed by atoms with Gasteiger partial charge in [0.15, 0.2) is 0 Å². The molecule has 1 aliphatic heterocycles. The highest BCUT2D eigenvalue weighted by Gasteiger charge is 2.33. The molecule has 1 saturated heterocycles. The van der Waals surface area contributed by atoms with Crippen LogP contribution in [0.15, 0.2) is 12.3 Å². The number of alkyl halides is 3. The van der Waals surface area contributed by atoms with Gasteiger partial charge in [-0.15, -0.1) is 24.8 Å². The molecule has 3 N–H and O–H groups in total. The predicted octanol–water partition coefficient (Wildman–Crippen LogP) is 3.03. The highest BCUT2D eigenvalue weighted by molar-refractivity contribution is 6.33. The molecule has 1 fully saturated rings. The molecule has 1 aromatic heterocycles. The van der Waals surface area contributed by atoms with Crippen molar-refractivity contribution in [2.45, 2.75) is 38.0 Å². The third-order valence-electron chi connectivity index (χ3n) is 3.51. The topological polar surface area (TPSA) is 71.2 Å². The van der Waals surface area contributed by atoms with Crippen molar-refractivity contribution in [1.82, 2.24) is 10.3 Å². The van der Waals surface area contributed by atoms with Crippen LogP contribution in [0.2, 0.25) is 5.02 Å². The molecule has 1 amide bonds. The van der Waals surface area contributed by atoms with E-state index in [1.807, 2.05) is 0 Å². The van der Waals surface area contributed by atoms with Crippen molar-refractivity contribution < 1.29 is 18.0 Å². The molecule has 2 rings (SSSR count). The van der Waals surface area contributed by atoms with Crippen molar-refractivity contribution in [3.05, 3.63) is 22.8 Å². The summed E-state index contributed by atoms with van der Waals surface area (Å²) in [5.41, 5.74) is 4.68. The first-order chi connectivity index (χ1) is 10.7. The van der Waals surface area contributed by atoms with Crippen molar-refractivity contribution in [2.75, 3.05) is 18.0 Å². The van der Waals surface area contributed by atoms with Gasteiger partial charge in [-0.2, -0.15) is 13.2 Å². The van der Waals surface area contributed by atoms with E-state index in [0.717, 1.165) is 12.3 Å². The summed E-state index contributed by atoms with van der Waals surface area (Å²) in [6.07, 6.45) is -2.81. The predicted molar refractivity (Wildman–Crippen MR) is 95.8 cm³/mol. The molecule has 0 aromatic carbocycles. The molecule has 0 spiro atoms. The summed E-state index contributed by atoms with van der Waals surface area (Å²) in [6, 6.07) is 0.547. The van der Waals surface area contributed by atoms with Crippen LogP contribution < -0.4 is 16.0 Å². The molecule has 5 nitrogen and oxygen atoms in total. The van der Waals surface area contributed by atoms with Crippen LogP contribution in [-0.4, -0.2) is 36.1 Å². The van der Waals surface area contributed by atoms with E-state index in [4.69, 9.17) is 17.3 Å². The number of aromatic nitrogens is 1. The lowest BCUT2D eigenvalue weighted by Gasteiger charge is -2.20. The highest BCUT2D eigenvalue weighted by atomic mass is 35.5. The molecular formula is C14H20Cl3F3N4O. The van der Waals surface area contributed by atoms with Crippen molar-refractivity contribution in [1.29, 1.82) is 0 Å². The Labute approximate surface area is 161 Å². The SMILES string of the molecule is CC(N)CC(=O)NC1CCN(c2ncc(C(F)(F)F)cc2Cl)C1.Cl.Cl. The Morgan fingerprint density at radius 1 is 1.52 bits per heavy atom. The summed E-state index contributed by atoms with van der Waals surface area (Å²) < 4.78 is 37.8. The number of hydrogen-bond donors (Lipinski definition) is 2. The van der Waals surface area contributed by atoms with Crippen LogP contribution in [0.1, 0.15) is 25.3 Å². The summed E-state index contributed by atoms with van der Waals surface area (Å²) in [5.74, 6) is 0.155. The molecule has 11 heteroatoms. The second-order valence-corrected chi connectivity index (χ2v) is 6.11. The average Bonchev–Trinajstić information content (AvgIpc) is 2.84. The van der Waals surface area contributed by atoms with Crippen molar-refractivity contribution in [3.8, 4) is 0 Å². The minimum absolute atomic E-state index is 0. The number of hydrogen-bond acceptors (Lipinski definition) is 4. The van der Waals surface area contributed by atoms with Gasteiger partial charge in [-0.25, -0.2) is 4.98 Å². The molecular weight excluding hydrogens is 404 g/mol. The van der Waals surface area contributed by atoms with E-state index in [0.29, 0.717) is 25.3 Å². The lowest BCUT2D eigenvalue weighted by Crippen LogP contribution is -2.39. The van der Waals surface area contributed by atoms with Gasteiger partial charge in [-0.1, -0.05) is 11.6 Å². The van der Waals surface area contributed by atoms with Crippen molar-refractivity contribution in [2.24, 2.45) is 5.73 Å². The maximum Gasteiger partial charge on any atom is 0.417 e. The van der Waals surface area contributed by atoms with Crippen molar-refractivity contribution >= 4 is 48.1 Å². The summed E-state index contributed by atoms with van der Waals surface area (Å²) in [4.78, 5) is 17.3. The number of rotatable bonds is 4. The van der Waals surface area contributed by atoms with Crippen LogP contribution in [0.25, 0.3) is 0 Å². The molecule has 1 aromatic rings. The Hall–Kier alpha value is -0.960. The molecule has 0 aliphatic carbocycles. The molecule has 0 bridgehead atoms. The lowest BCUT2D eigenvalue weighted by atomic mass is 10.2. The zero-order valence-corrected chi connectivity index (χ0v) is 15.7. The Morgan fingerprint density at radius 3 is 2.68 bits per heavy atom. The monoisotopic (exact) mass is 422 g/mol. The standard InChI is InChI=1S/C14H18ClF3N4O.2ClH/c1-8(19)4-12(23)21-10-2-3-22(7-10)13-11(15)5-9(6-20-13)14(16,17)18;;/h5-6,8,10H,2-4,7,19H2,1H3,(H,21,23);2*1H. The second-order valence-electron chi connectivity index (χ2n) is 5.71. The third kappa shape index (κ3) is 6.69. The van der Waals surface area contributed by atoms with Gasteiger partial charge in [0, 0.05) is 37.8 Å². The van der Waals surface area contributed by atoms with Gasteiger partial charge in [-0.3, -0.25) is 4.79 Å². The van der Waals surface area contributed by atoms with Crippen LogP contribution in [-0.2, 0) is 11.0 Å². The zero-order chi connectivity index (χ0) is 17.2. The van der Waals surface area contributed by atoms with Crippen LogP contribution in [0.4, 0.5) is 19.0 Å². The summed E-state index contributed by atoms with van der Waals surface area (Å²) in [6.45, 7) is 2.75. The number of amides is 1. The van der Waals surface area contributed by atoms with Gasteiger partial charge in [-0.05, 0) is 19.4 Å². The normalized spacial score (nSPS) is 18.2. The Morgan fingerprint density at radius 2 is 2.16 bits per heavy atom. The average molecular weight is 424 g/mol. The summed E-state index contributed by atoms with van der Waals surface area (Å²) >= 11 is 5.93. The molecule has 144 valence electrons. The molecule has 2 heterocycles. The van der Waals surface area contributed by atoms with Gasteiger partial charge in [0.2, 0.25) is 5.91 Å². The third-order valence-corrected chi connectivity index (χ3v) is 3.79. The summed E-state index contributed by atoms with van der Waals surface area (Å²) in [7, 11) is 0. The van der Waals surface area contributed by atoms with Crippen LogP contribution in [0, 0.1) is 0 Å². The molecule has 0 saturated carbocycles. The maximum atomic E-state index is 12.6. The van der Waals surface area contributed by atoms with Crippen molar-refractivity contribution in [3.63, 3.8) is 0 Å². The molecule has 25 heavy (non-hydrogen) atoms. The minimum atomic E-state index is -4.48. The second kappa shape index (κ2) is 9.66. The fourth-order valence-electron chi connectivity index (χ4n) is 2.47. The fourth-order valence-corrected chi connectivity index (χ4v) is 2.75. The number of nitrogens with two attached hydrogens (primary N) is 1. The number of nitrogens with zero attached hydrogens (tertiary/aromatic N) is 2. The summed E-state index contributed by atoms with van der Waals surface area (Å²) in [5, 5.41) is 2.80. The van der Waals surface area contributed by atoms with E-state index in [1.165, 1.54) is 0 Å². The van der Waals surface area contributed by atoms with Gasteiger partial charge in [0.05, 0.1) is 10.6 Å². The first-order valence-corrected chi connectivity index (χ1v) is 7.57. The van der Waals surface area contributed by atoms with E-state index >= 15 is 0 Å². The molecule has 2 atom stereocenters. The number of halogens is 6. The lowest BCUT2D eigenvalue weighted by molar-refractivity contribution is -0.137. The number of carbonyl (C=O) groups excluding carboxylic acids is 1. The maximum absolute atomic E-state index is 12.6. The quantitative estimate of drug-likeness (QED) is 0.781. The van der Waals surface area contributed by atoms with Gasteiger partial charge in [0.1, 0.15) is 5.82 Å². The van der Waals surface area contributed by atoms with E-state index in [9.17, 15) is 18.0 Å². The van der Waals surface area contributed by atoms with Crippen LogP contribution in [0.3, 0.4) is 0 Å². The highest BCUT2D eigenvalue weighted by Crippen LogP contribution is 2.34. The van der Waals surface area contributed by atoms with Gasteiger partial charge >= 0.3 is 6.18 Å². The minimum Gasteiger partial charge on any atom is -0.353 e. The smallest absolute Gasteiger partial charge is 0.353 e. The number of pyridine rings is 1. The van der Waals surface area contributed by atoms with Gasteiger partial charge < -0.3 is 16.0 Å². The van der Waals surface area contributed by atoms with Crippen LogP contribution in [0.5, 0.6) is 0 Å². The first kappa shape index (κ1) is 24.0. The molecule has 1 aliphatic rings. The van der Waals surface area contributed by atoms with Gasteiger partial charge in [0.25, 0.3) is 0 Å². The number of anilines is 1. The zero-order valence-electron chi connectivity index (χ0n) is 13.3. The number of nitrogens with one attached hydrogen (secondary N) is 1. The van der Waals surface area contributed by atoms with E-state index < -0.39 is 11.7 Å². The number of carbonyl (C=O) groups is 1. The van der Waals surface area contributed by atoms with E-state index in [1.54, 1.807) is 11.8 Å². The molecule has 0 radical (unpaired) electrons. The Kier molecular flexibility index (Phi) is 9.29. The Bertz CT molecular complexity index is 587. The molecule has 2 unspecified atom stereocenters. The first-order valence-electron chi connectivity index (χ1n) is 7.19. The van der Waals surface area contributed by atoms with Crippen LogP contribution >= 0.6 is 36.4 Å². The largest absolute Gasteiger partial charge is 0.417 e. The van der Waals surface area contributed by atoms with E-state index in [2.05, 4.69) is 10.3 Å².